The van der Waals surface area contributed by atoms with Crippen LogP contribution in [-0.4, -0.2) is 20.9 Å². The van der Waals surface area contributed by atoms with E-state index in [4.69, 9.17) is 16.1 Å². The summed E-state index contributed by atoms with van der Waals surface area (Å²) in [7, 11) is 0. The van der Waals surface area contributed by atoms with Crippen molar-refractivity contribution in [2.24, 2.45) is 0 Å². The largest absolute Gasteiger partial charge is 0.337 e. The molecule has 4 rings (SSSR count). The van der Waals surface area contributed by atoms with Crippen molar-refractivity contribution in [3.8, 4) is 11.4 Å². The summed E-state index contributed by atoms with van der Waals surface area (Å²) < 4.78 is 46.0. The molecule has 0 saturated carbocycles. The number of halogens is 4. The van der Waals surface area contributed by atoms with Crippen molar-refractivity contribution < 1.29 is 22.5 Å². The van der Waals surface area contributed by atoms with Crippen molar-refractivity contribution in [3.05, 3.63) is 70.3 Å². The first kappa shape index (κ1) is 18.5. The van der Waals surface area contributed by atoms with Crippen LogP contribution in [0.2, 0.25) is 5.02 Å². The van der Waals surface area contributed by atoms with E-state index in [-0.39, 0.29) is 41.2 Å². The number of benzene rings is 2. The second-order valence-corrected chi connectivity index (χ2v) is 6.80. The van der Waals surface area contributed by atoms with Crippen molar-refractivity contribution in [3.63, 3.8) is 0 Å². The van der Waals surface area contributed by atoms with Gasteiger partial charge in [0.15, 0.2) is 0 Å². The zero-order valence-corrected chi connectivity index (χ0v) is 15.1. The molecule has 1 aliphatic rings. The summed E-state index contributed by atoms with van der Waals surface area (Å²) in [6.45, 7) is -0.118. The molecule has 1 amide bonds. The molecule has 1 unspecified atom stereocenters. The number of carbonyl (C=O) groups excluding carboxylic acids is 1. The third kappa shape index (κ3) is 3.47. The summed E-state index contributed by atoms with van der Waals surface area (Å²) in [5.41, 5.74) is 0.513. The van der Waals surface area contributed by atoms with Gasteiger partial charge in [0, 0.05) is 24.1 Å². The van der Waals surface area contributed by atoms with Gasteiger partial charge in [-0.25, -0.2) is 13.2 Å². The fourth-order valence-corrected chi connectivity index (χ4v) is 3.34. The zero-order valence-electron chi connectivity index (χ0n) is 14.3. The monoisotopic (exact) mass is 407 g/mol. The van der Waals surface area contributed by atoms with Gasteiger partial charge in [0.2, 0.25) is 17.6 Å². The normalized spacial score (nSPS) is 16.8. The van der Waals surface area contributed by atoms with E-state index < -0.39 is 23.5 Å². The number of likely N-dealkylation sites (tertiary alicyclic amines) is 1. The van der Waals surface area contributed by atoms with Crippen LogP contribution < -0.4 is 0 Å². The molecule has 3 aromatic rings. The molecule has 1 aliphatic heterocycles. The molecule has 9 heteroatoms. The van der Waals surface area contributed by atoms with Gasteiger partial charge >= 0.3 is 0 Å². The molecule has 0 bridgehead atoms. The molecule has 1 atom stereocenters. The molecular weight excluding hydrogens is 395 g/mol. The predicted molar refractivity (Wildman–Crippen MR) is 93.6 cm³/mol. The van der Waals surface area contributed by atoms with E-state index in [0.717, 1.165) is 18.2 Å². The van der Waals surface area contributed by atoms with Gasteiger partial charge in [-0.3, -0.25) is 4.79 Å². The molecule has 0 spiro atoms. The predicted octanol–water partition coefficient (Wildman–Crippen LogP) is 4.67. The number of aromatic nitrogens is 2. The van der Waals surface area contributed by atoms with Crippen molar-refractivity contribution >= 4 is 17.5 Å². The average molecular weight is 408 g/mol. The molecule has 5 nitrogen and oxygen atoms in total. The minimum Gasteiger partial charge on any atom is -0.337 e. The van der Waals surface area contributed by atoms with Crippen molar-refractivity contribution in [2.75, 3.05) is 0 Å². The lowest BCUT2D eigenvalue weighted by molar-refractivity contribution is -0.130. The van der Waals surface area contributed by atoms with Crippen LogP contribution in [-0.2, 0) is 11.3 Å². The van der Waals surface area contributed by atoms with E-state index in [0.29, 0.717) is 12.0 Å². The lowest BCUT2D eigenvalue weighted by atomic mass is 10.1. The van der Waals surface area contributed by atoms with Crippen molar-refractivity contribution in [1.82, 2.24) is 15.0 Å². The Bertz CT molecular complexity index is 1060. The maximum atomic E-state index is 14.0. The van der Waals surface area contributed by atoms with Crippen LogP contribution in [0.3, 0.4) is 0 Å². The molecule has 144 valence electrons. The maximum absolute atomic E-state index is 14.0. The molecule has 0 radical (unpaired) electrons. The highest BCUT2D eigenvalue weighted by Gasteiger charge is 2.36. The Balaban J connectivity index is 1.61. The quantitative estimate of drug-likeness (QED) is 0.630. The summed E-state index contributed by atoms with van der Waals surface area (Å²) in [6.07, 6.45) is 0.628. The molecule has 28 heavy (non-hydrogen) atoms. The first-order chi connectivity index (χ1) is 13.4. The van der Waals surface area contributed by atoms with E-state index in [1.54, 1.807) is 0 Å². The van der Waals surface area contributed by atoms with Crippen LogP contribution in [0, 0.1) is 17.5 Å². The highest BCUT2D eigenvalue weighted by atomic mass is 35.5. The van der Waals surface area contributed by atoms with E-state index >= 15 is 0 Å². The molecule has 0 N–H and O–H groups in total. The number of hydrogen-bond acceptors (Lipinski definition) is 4. The standard InChI is InChI=1S/C19H13ClF3N3O2/c20-13-8-10(1-3-15(13)23)18-24-19(28-25-18)16-5-6-17(27)26(16)9-11-7-12(21)2-4-14(11)22/h1-4,7-8,16H,5-6,9H2. The summed E-state index contributed by atoms with van der Waals surface area (Å²) in [6, 6.07) is 6.53. The Labute approximate surface area is 162 Å². The van der Waals surface area contributed by atoms with E-state index in [1.807, 2.05) is 0 Å². The Morgan fingerprint density at radius 2 is 1.93 bits per heavy atom. The van der Waals surface area contributed by atoms with Gasteiger partial charge in [-0.2, -0.15) is 4.98 Å². The van der Waals surface area contributed by atoms with Crippen LogP contribution >= 0.6 is 11.6 Å². The summed E-state index contributed by atoms with van der Waals surface area (Å²) >= 11 is 5.78. The zero-order chi connectivity index (χ0) is 19.8. The number of carbonyl (C=O) groups is 1. The van der Waals surface area contributed by atoms with E-state index in [2.05, 4.69) is 10.1 Å². The number of nitrogens with zero attached hydrogens (tertiary/aromatic N) is 3. The Morgan fingerprint density at radius 1 is 1.14 bits per heavy atom. The van der Waals surface area contributed by atoms with Gasteiger partial charge < -0.3 is 9.42 Å². The molecule has 1 fully saturated rings. The van der Waals surface area contributed by atoms with Gasteiger partial charge in [-0.15, -0.1) is 0 Å². The smallest absolute Gasteiger partial charge is 0.249 e. The van der Waals surface area contributed by atoms with E-state index in [9.17, 15) is 18.0 Å². The van der Waals surface area contributed by atoms with Crippen LogP contribution in [0.1, 0.15) is 30.3 Å². The van der Waals surface area contributed by atoms with Gasteiger partial charge in [-0.05, 0) is 42.8 Å². The fourth-order valence-electron chi connectivity index (χ4n) is 3.16. The molecule has 0 aliphatic carbocycles. The number of hydrogen-bond donors (Lipinski definition) is 0. The van der Waals surface area contributed by atoms with Crippen LogP contribution in [0.5, 0.6) is 0 Å². The summed E-state index contributed by atoms with van der Waals surface area (Å²) in [5, 5.41) is 3.78. The summed E-state index contributed by atoms with van der Waals surface area (Å²) in [4.78, 5) is 17.9. The fraction of sp³-hybridized carbons (Fsp3) is 0.211. The Hall–Kier alpha value is -2.87. The van der Waals surface area contributed by atoms with Crippen molar-refractivity contribution in [1.29, 1.82) is 0 Å². The minimum absolute atomic E-state index is 0.0605. The highest BCUT2D eigenvalue weighted by Crippen LogP contribution is 2.35. The lowest BCUT2D eigenvalue weighted by Crippen LogP contribution is -2.27. The Morgan fingerprint density at radius 3 is 2.71 bits per heavy atom. The third-order valence-corrected chi connectivity index (χ3v) is 4.87. The van der Waals surface area contributed by atoms with Crippen molar-refractivity contribution in [2.45, 2.75) is 25.4 Å². The topological polar surface area (TPSA) is 59.2 Å². The lowest BCUT2D eigenvalue weighted by Gasteiger charge is -2.22. The van der Waals surface area contributed by atoms with Crippen LogP contribution in [0.25, 0.3) is 11.4 Å². The van der Waals surface area contributed by atoms with Gasteiger partial charge in [-0.1, -0.05) is 16.8 Å². The number of amides is 1. The molecule has 1 saturated heterocycles. The van der Waals surface area contributed by atoms with Gasteiger partial charge in [0.25, 0.3) is 0 Å². The SMILES string of the molecule is O=C1CCC(c2nc(-c3ccc(F)c(Cl)c3)no2)N1Cc1cc(F)ccc1F. The second-order valence-electron chi connectivity index (χ2n) is 6.40. The molecule has 1 aromatic heterocycles. The van der Waals surface area contributed by atoms with Gasteiger partial charge in [0.05, 0.1) is 5.02 Å². The third-order valence-electron chi connectivity index (χ3n) is 4.58. The molecular formula is C19H13ClF3N3O2. The first-order valence-corrected chi connectivity index (χ1v) is 8.82. The summed E-state index contributed by atoms with van der Waals surface area (Å²) in [5.74, 6) is -1.64. The minimum atomic E-state index is -0.605. The van der Waals surface area contributed by atoms with Crippen LogP contribution in [0.15, 0.2) is 40.9 Å². The highest BCUT2D eigenvalue weighted by molar-refractivity contribution is 6.31. The average Bonchev–Trinajstić information content (AvgIpc) is 3.28. The number of rotatable bonds is 4. The first-order valence-electron chi connectivity index (χ1n) is 8.45. The molecule has 2 heterocycles. The second kappa shape index (κ2) is 7.27. The Kier molecular flexibility index (Phi) is 4.80. The van der Waals surface area contributed by atoms with Crippen LogP contribution in [0.4, 0.5) is 13.2 Å². The maximum Gasteiger partial charge on any atom is 0.249 e. The molecule has 2 aromatic carbocycles. The van der Waals surface area contributed by atoms with E-state index in [1.165, 1.54) is 23.1 Å². The van der Waals surface area contributed by atoms with Gasteiger partial charge in [0.1, 0.15) is 23.5 Å².